The molecule has 150 valence electrons. The maximum atomic E-state index is 12.5. The van der Waals surface area contributed by atoms with E-state index in [2.05, 4.69) is 20.6 Å². The van der Waals surface area contributed by atoms with Gasteiger partial charge in [0.2, 0.25) is 0 Å². The summed E-state index contributed by atoms with van der Waals surface area (Å²) in [6, 6.07) is 17.0. The molecule has 3 aromatic rings. The lowest BCUT2D eigenvalue weighted by molar-refractivity contribution is 0.0949. The highest BCUT2D eigenvalue weighted by molar-refractivity contribution is 5.93. The summed E-state index contributed by atoms with van der Waals surface area (Å²) in [5.41, 5.74) is 2.18. The van der Waals surface area contributed by atoms with Gasteiger partial charge in [0.1, 0.15) is 28.8 Å². The SMILES string of the molecule is COc1ccc(Nc2cc(C(=O)NCCc3ccccc3)nc(C)n2)c(OC)c1. The van der Waals surface area contributed by atoms with E-state index >= 15 is 0 Å². The molecule has 7 heteroatoms. The first-order chi connectivity index (χ1) is 14.1. The number of hydrogen-bond acceptors (Lipinski definition) is 6. The van der Waals surface area contributed by atoms with E-state index in [9.17, 15) is 4.79 Å². The lowest BCUT2D eigenvalue weighted by Gasteiger charge is -2.13. The van der Waals surface area contributed by atoms with E-state index in [1.165, 1.54) is 5.56 Å². The molecule has 1 aromatic heterocycles. The Kier molecular flexibility index (Phi) is 6.63. The van der Waals surface area contributed by atoms with E-state index in [0.29, 0.717) is 41.1 Å². The van der Waals surface area contributed by atoms with Crippen molar-refractivity contribution in [3.05, 3.63) is 71.7 Å². The molecular weight excluding hydrogens is 368 g/mol. The van der Waals surface area contributed by atoms with E-state index in [1.54, 1.807) is 33.3 Å². The van der Waals surface area contributed by atoms with Crippen LogP contribution in [-0.4, -0.2) is 36.6 Å². The number of carbonyl (C=O) groups excluding carboxylic acids is 1. The molecule has 0 aliphatic rings. The van der Waals surface area contributed by atoms with Gasteiger partial charge in [-0.3, -0.25) is 4.79 Å². The highest BCUT2D eigenvalue weighted by Gasteiger charge is 2.12. The van der Waals surface area contributed by atoms with Crippen molar-refractivity contribution in [3.8, 4) is 11.5 Å². The first-order valence-corrected chi connectivity index (χ1v) is 9.26. The van der Waals surface area contributed by atoms with Crippen LogP contribution in [0.3, 0.4) is 0 Å². The number of carbonyl (C=O) groups is 1. The Morgan fingerprint density at radius 3 is 2.52 bits per heavy atom. The van der Waals surface area contributed by atoms with Crippen LogP contribution in [0.25, 0.3) is 0 Å². The second-order valence-electron chi connectivity index (χ2n) is 6.37. The second kappa shape index (κ2) is 9.54. The molecule has 0 saturated carbocycles. The number of anilines is 2. The van der Waals surface area contributed by atoms with E-state index in [1.807, 2.05) is 42.5 Å². The van der Waals surface area contributed by atoms with Crippen LogP contribution in [-0.2, 0) is 6.42 Å². The Balaban J connectivity index is 1.70. The summed E-state index contributed by atoms with van der Waals surface area (Å²) in [5, 5.41) is 6.09. The Hall–Kier alpha value is -3.61. The minimum absolute atomic E-state index is 0.240. The largest absolute Gasteiger partial charge is 0.497 e. The average molecular weight is 392 g/mol. The summed E-state index contributed by atoms with van der Waals surface area (Å²) in [7, 11) is 3.18. The first kappa shape index (κ1) is 20.1. The molecule has 2 aromatic carbocycles. The van der Waals surface area contributed by atoms with E-state index in [0.717, 1.165) is 6.42 Å². The minimum Gasteiger partial charge on any atom is -0.497 e. The molecular formula is C22H24N4O3. The summed E-state index contributed by atoms with van der Waals surface area (Å²) in [6.45, 7) is 2.28. The first-order valence-electron chi connectivity index (χ1n) is 9.26. The summed E-state index contributed by atoms with van der Waals surface area (Å²) in [5.74, 6) is 2.06. The van der Waals surface area contributed by atoms with Gasteiger partial charge in [-0.1, -0.05) is 30.3 Å². The van der Waals surface area contributed by atoms with E-state index in [4.69, 9.17) is 9.47 Å². The lowest BCUT2D eigenvalue weighted by Crippen LogP contribution is -2.27. The number of hydrogen-bond donors (Lipinski definition) is 2. The summed E-state index contributed by atoms with van der Waals surface area (Å²) >= 11 is 0. The van der Waals surface area contributed by atoms with Crippen LogP contribution < -0.4 is 20.1 Å². The Bertz CT molecular complexity index is 977. The molecule has 1 heterocycles. The number of ether oxygens (including phenoxy) is 2. The van der Waals surface area contributed by atoms with Gasteiger partial charge in [-0.05, 0) is 31.0 Å². The van der Waals surface area contributed by atoms with Gasteiger partial charge in [0.25, 0.3) is 5.91 Å². The van der Waals surface area contributed by atoms with Gasteiger partial charge in [0, 0.05) is 18.7 Å². The Morgan fingerprint density at radius 1 is 1.00 bits per heavy atom. The van der Waals surface area contributed by atoms with Crippen LogP contribution >= 0.6 is 0 Å². The quantitative estimate of drug-likeness (QED) is 0.610. The summed E-state index contributed by atoms with van der Waals surface area (Å²) in [4.78, 5) is 21.2. The number of methoxy groups -OCH3 is 2. The van der Waals surface area contributed by atoms with Crippen LogP contribution in [0.15, 0.2) is 54.6 Å². The van der Waals surface area contributed by atoms with Crippen LogP contribution in [0.5, 0.6) is 11.5 Å². The molecule has 2 N–H and O–H groups in total. The topological polar surface area (TPSA) is 85.4 Å². The molecule has 0 aliphatic heterocycles. The molecule has 7 nitrogen and oxygen atoms in total. The van der Waals surface area contributed by atoms with Crippen LogP contribution in [0.4, 0.5) is 11.5 Å². The van der Waals surface area contributed by atoms with Crippen molar-refractivity contribution >= 4 is 17.4 Å². The maximum absolute atomic E-state index is 12.5. The molecule has 0 bridgehead atoms. The standard InChI is InChI=1S/C22H24N4O3/c1-15-24-19(22(27)23-12-11-16-7-5-4-6-8-16)14-21(25-15)26-18-10-9-17(28-2)13-20(18)29-3/h4-10,13-14H,11-12H2,1-3H3,(H,23,27)(H,24,25,26). The molecule has 0 saturated heterocycles. The van der Waals surface area contributed by atoms with Crippen LogP contribution in [0, 0.1) is 6.92 Å². The minimum atomic E-state index is -0.240. The lowest BCUT2D eigenvalue weighted by atomic mass is 10.1. The highest BCUT2D eigenvalue weighted by Crippen LogP contribution is 2.31. The van der Waals surface area contributed by atoms with Gasteiger partial charge in [-0.2, -0.15) is 0 Å². The predicted molar refractivity (Wildman–Crippen MR) is 112 cm³/mol. The van der Waals surface area contributed by atoms with Gasteiger partial charge < -0.3 is 20.1 Å². The molecule has 1 amide bonds. The molecule has 0 radical (unpaired) electrons. The zero-order valence-corrected chi connectivity index (χ0v) is 16.7. The molecule has 0 unspecified atom stereocenters. The summed E-state index contributed by atoms with van der Waals surface area (Å²) in [6.07, 6.45) is 0.755. The van der Waals surface area contributed by atoms with Crippen molar-refractivity contribution in [2.45, 2.75) is 13.3 Å². The number of aryl methyl sites for hydroxylation is 1. The number of benzene rings is 2. The van der Waals surface area contributed by atoms with Crippen molar-refractivity contribution in [2.24, 2.45) is 0 Å². The van der Waals surface area contributed by atoms with E-state index < -0.39 is 0 Å². The van der Waals surface area contributed by atoms with Gasteiger partial charge in [0.05, 0.1) is 19.9 Å². The second-order valence-corrected chi connectivity index (χ2v) is 6.37. The summed E-state index contributed by atoms with van der Waals surface area (Å²) < 4.78 is 10.6. The number of aromatic nitrogens is 2. The smallest absolute Gasteiger partial charge is 0.270 e. The maximum Gasteiger partial charge on any atom is 0.270 e. The van der Waals surface area contributed by atoms with Gasteiger partial charge in [0.15, 0.2) is 0 Å². The Morgan fingerprint density at radius 2 is 1.79 bits per heavy atom. The zero-order valence-electron chi connectivity index (χ0n) is 16.7. The van der Waals surface area contributed by atoms with E-state index in [-0.39, 0.29) is 5.91 Å². The molecule has 3 rings (SSSR count). The molecule has 0 fully saturated rings. The van der Waals surface area contributed by atoms with Crippen molar-refractivity contribution < 1.29 is 14.3 Å². The predicted octanol–water partition coefficient (Wildman–Crippen LogP) is 3.52. The monoisotopic (exact) mass is 392 g/mol. The van der Waals surface area contributed by atoms with Crippen molar-refractivity contribution in [1.82, 2.24) is 15.3 Å². The van der Waals surface area contributed by atoms with Gasteiger partial charge >= 0.3 is 0 Å². The normalized spacial score (nSPS) is 10.3. The van der Waals surface area contributed by atoms with Crippen molar-refractivity contribution in [3.63, 3.8) is 0 Å². The third-order valence-corrected chi connectivity index (χ3v) is 4.28. The fraction of sp³-hybridized carbons (Fsp3) is 0.227. The fourth-order valence-corrected chi connectivity index (χ4v) is 2.84. The Labute approximate surface area is 170 Å². The number of nitrogens with one attached hydrogen (secondary N) is 2. The average Bonchev–Trinajstić information content (AvgIpc) is 2.74. The van der Waals surface area contributed by atoms with Crippen molar-refractivity contribution in [2.75, 3.05) is 26.1 Å². The molecule has 0 aliphatic carbocycles. The third-order valence-electron chi connectivity index (χ3n) is 4.28. The van der Waals surface area contributed by atoms with Gasteiger partial charge in [-0.15, -0.1) is 0 Å². The van der Waals surface area contributed by atoms with Crippen LogP contribution in [0.2, 0.25) is 0 Å². The number of nitrogens with zero attached hydrogens (tertiary/aromatic N) is 2. The third kappa shape index (κ3) is 5.44. The molecule has 29 heavy (non-hydrogen) atoms. The van der Waals surface area contributed by atoms with Crippen molar-refractivity contribution in [1.29, 1.82) is 0 Å². The molecule has 0 atom stereocenters. The number of rotatable bonds is 8. The molecule has 0 spiro atoms. The van der Waals surface area contributed by atoms with Crippen LogP contribution in [0.1, 0.15) is 21.9 Å². The fourth-order valence-electron chi connectivity index (χ4n) is 2.84. The zero-order chi connectivity index (χ0) is 20.6. The number of amides is 1. The van der Waals surface area contributed by atoms with Gasteiger partial charge in [-0.25, -0.2) is 9.97 Å². The highest BCUT2D eigenvalue weighted by atomic mass is 16.5.